The molecule has 0 aliphatic rings. The summed E-state index contributed by atoms with van der Waals surface area (Å²) in [6, 6.07) is 0. The minimum absolute atomic E-state index is 0.889. The van der Waals surface area contributed by atoms with Crippen molar-refractivity contribution in [2.75, 3.05) is 0 Å². The Labute approximate surface area is 55.8 Å². The molecule has 4 heteroatoms. The maximum absolute atomic E-state index is 4.22. The van der Waals surface area contributed by atoms with Crippen LogP contribution in [-0.4, -0.2) is 22.7 Å². The number of hydrogen-bond acceptors (Lipinski definition) is 2. The van der Waals surface area contributed by atoms with Crippen LogP contribution in [0.5, 0.6) is 0 Å². The molecule has 0 nitrogen and oxygen atoms in total. The van der Waals surface area contributed by atoms with E-state index < -0.39 is 0 Å². The van der Waals surface area contributed by atoms with Crippen molar-refractivity contribution in [1.29, 1.82) is 0 Å². The average molecular weight is 338 g/mol. The third-order valence-corrected chi connectivity index (χ3v) is 0. The van der Waals surface area contributed by atoms with Gasteiger partial charge in [-0.2, -0.15) is 0 Å². The fourth-order valence-electron chi connectivity index (χ4n) is 0. The topological polar surface area (TPSA) is 0 Å². The van der Waals surface area contributed by atoms with E-state index in [9.17, 15) is 0 Å². The first kappa shape index (κ1) is 9.28. The van der Waals surface area contributed by atoms with Crippen LogP contribution >= 0.6 is 19.4 Å². The zero-order valence-corrected chi connectivity index (χ0v) is 8.08. The number of rotatable bonds is 0. The van der Waals surface area contributed by atoms with Crippen LogP contribution in [-0.2, 0) is 14.4 Å². The summed E-state index contributed by atoms with van der Waals surface area (Å²) in [7, 11) is 7.87. The SMILES string of the molecule is [S]=[BiH].[S]=[Cu]. The number of hydrogen-bond donors (Lipinski definition) is 0. The third-order valence-electron chi connectivity index (χ3n) is 0. The summed E-state index contributed by atoms with van der Waals surface area (Å²) in [5, 5.41) is 0. The molecule has 4 heavy (non-hydrogen) atoms. The van der Waals surface area contributed by atoms with Crippen molar-refractivity contribution >= 4 is 42.1 Å². The van der Waals surface area contributed by atoms with Crippen LogP contribution in [0.1, 0.15) is 0 Å². The van der Waals surface area contributed by atoms with Gasteiger partial charge in [0.1, 0.15) is 0 Å². The van der Waals surface area contributed by atoms with E-state index in [1.807, 2.05) is 0 Å². The van der Waals surface area contributed by atoms with Crippen LogP contribution in [0.4, 0.5) is 0 Å². The van der Waals surface area contributed by atoms with Crippen LogP contribution in [0, 0.1) is 0 Å². The van der Waals surface area contributed by atoms with Crippen molar-refractivity contribution in [2.45, 2.75) is 0 Å². The Morgan fingerprint density at radius 3 is 1.25 bits per heavy atom. The molecule has 0 amide bonds. The van der Waals surface area contributed by atoms with Gasteiger partial charge >= 0.3 is 56.5 Å². The van der Waals surface area contributed by atoms with E-state index in [2.05, 4.69) is 33.8 Å². The van der Waals surface area contributed by atoms with Gasteiger partial charge in [0.25, 0.3) is 0 Å². The second-order valence-electron chi connectivity index (χ2n) is 0. The molecule has 0 atom stereocenters. The first-order valence-corrected chi connectivity index (χ1v) is 6.90. The molecule has 0 aromatic rings. The predicted molar refractivity (Wildman–Crippen MR) is 22.3 cm³/mol. The molecule has 0 N–H and O–H groups in total. The molecule has 0 radical (unpaired) electrons. The Morgan fingerprint density at radius 1 is 1.25 bits per heavy atom. The van der Waals surface area contributed by atoms with Gasteiger partial charge in [-0.1, -0.05) is 0 Å². The summed E-state index contributed by atoms with van der Waals surface area (Å²) in [6.07, 6.45) is 0. The Hall–Kier alpha value is 1.84. The van der Waals surface area contributed by atoms with Crippen LogP contribution < -0.4 is 0 Å². The molecule has 0 aromatic carbocycles. The predicted octanol–water partition coefficient (Wildman–Crippen LogP) is 0.645. The quantitative estimate of drug-likeness (QED) is 0.595. The van der Waals surface area contributed by atoms with Gasteiger partial charge in [-0.25, -0.2) is 0 Å². The van der Waals surface area contributed by atoms with Crippen molar-refractivity contribution in [3.05, 3.63) is 0 Å². The van der Waals surface area contributed by atoms with Crippen molar-refractivity contribution in [3.63, 3.8) is 0 Å². The molecule has 0 aliphatic carbocycles. The van der Waals surface area contributed by atoms with Gasteiger partial charge in [0, 0.05) is 0 Å². The van der Waals surface area contributed by atoms with E-state index >= 15 is 0 Å². The summed E-state index contributed by atoms with van der Waals surface area (Å²) >= 11 is 4.66. The van der Waals surface area contributed by atoms with E-state index in [0.717, 1.165) is 22.7 Å². The summed E-state index contributed by atoms with van der Waals surface area (Å²) in [5.41, 5.74) is 0. The molecule has 0 aliphatic heterocycles. The molecular formula is HBiCuS2. The summed E-state index contributed by atoms with van der Waals surface area (Å²) in [4.78, 5) is 0. The van der Waals surface area contributed by atoms with E-state index in [1.165, 1.54) is 0 Å². The summed E-state index contributed by atoms with van der Waals surface area (Å²) in [6.45, 7) is 0. The third kappa shape index (κ3) is 9.15. The Bertz CT molecular complexity index is 8.00. The van der Waals surface area contributed by atoms with Crippen LogP contribution in [0.3, 0.4) is 0 Å². The average Bonchev–Trinajstić information content (AvgIpc) is 1.50. The minimum atomic E-state index is 0.889. The molecule has 0 aromatic heterocycles. The first-order chi connectivity index (χ1) is 2.00. The van der Waals surface area contributed by atoms with Crippen molar-refractivity contribution in [1.82, 2.24) is 0 Å². The van der Waals surface area contributed by atoms with Gasteiger partial charge < -0.3 is 0 Å². The summed E-state index contributed by atoms with van der Waals surface area (Å²) < 4.78 is 0. The first-order valence-electron chi connectivity index (χ1n) is 0.327. The molecular weight excluding hydrogens is 337 g/mol. The normalized spacial score (nSPS) is 2.50. The van der Waals surface area contributed by atoms with Gasteiger partial charge in [-0.05, 0) is 0 Å². The molecule has 29 valence electrons. The second-order valence-corrected chi connectivity index (χ2v) is 0. The van der Waals surface area contributed by atoms with E-state index in [4.69, 9.17) is 0 Å². The van der Waals surface area contributed by atoms with Crippen LogP contribution in [0.15, 0.2) is 0 Å². The van der Waals surface area contributed by atoms with Gasteiger partial charge in [-0.15, -0.1) is 0 Å². The molecule has 0 heterocycles. The van der Waals surface area contributed by atoms with E-state index in [0.29, 0.717) is 0 Å². The summed E-state index contributed by atoms with van der Waals surface area (Å²) in [5.74, 6) is 0. The van der Waals surface area contributed by atoms with Crippen molar-refractivity contribution in [2.24, 2.45) is 0 Å². The van der Waals surface area contributed by atoms with Crippen molar-refractivity contribution < 1.29 is 14.4 Å². The standard InChI is InChI=1S/Bi.Cu.2S.H. The Balaban J connectivity index is 0. The Morgan fingerprint density at radius 2 is 1.25 bits per heavy atom. The molecule has 0 rings (SSSR count). The molecule has 0 saturated carbocycles. The van der Waals surface area contributed by atoms with Gasteiger partial charge in [0.15, 0.2) is 0 Å². The second kappa shape index (κ2) is 21.1. The molecule has 0 spiro atoms. The fraction of sp³-hybridized carbons (Fsp3) is 0. The maximum atomic E-state index is 4.22. The Kier molecular flexibility index (Phi) is 48.9. The van der Waals surface area contributed by atoms with Gasteiger partial charge in [-0.3, -0.25) is 0 Å². The van der Waals surface area contributed by atoms with E-state index in [-0.39, 0.29) is 0 Å². The molecule has 0 fully saturated rings. The van der Waals surface area contributed by atoms with Crippen LogP contribution in [0.2, 0.25) is 0 Å². The van der Waals surface area contributed by atoms with Gasteiger partial charge in [0.05, 0.1) is 0 Å². The van der Waals surface area contributed by atoms with Crippen molar-refractivity contribution in [3.8, 4) is 0 Å². The van der Waals surface area contributed by atoms with Gasteiger partial charge in [0.2, 0.25) is 0 Å². The molecule has 0 saturated heterocycles. The monoisotopic (exact) mass is 337 g/mol. The molecule has 0 unspecified atom stereocenters. The zero-order chi connectivity index (χ0) is 4.00. The molecule has 0 bridgehead atoms. The zero-order valence-electron chi connectivity index (χ0n) is 1.62. The van der Waals surface area contributed by atoms with E-state index in [1.54, 1.807) is 0 Å². The fourth-order valence-corrected chi connectivity index (χ4v) is 0. The van der Waals surface area contributed by atoms with Crippen LogP contribution in [0.25, 0.3) is 0 Å².